The molecule has 0 unspecified atom stereocenters. The number of methoxy groups -OCH3 is 1. The van der Waals surface area contributed by atoms with Gasteiger partial charge in [0.25, 0.3) is 5.91 Å². The summed E-state index contributed by atoms with van der Waals surface area (Å²) in [5.41, 5.74) is 3.34. The highest BCUT2D eigenvalue weighted by atomic mass is 32.2. The highest BCUT2D eigenvalue weighted by Gasteiger charge is 2.60. The van der Waals surface area contributed by atoms with Gasteiger partial charge < -0.3 is 20.5 Å². The Kier molecular flexibility index (Phi) is 5.33. The van der Waals surface area contributed by atoms with E-state index in [4.69, 9.17) is 15.2 Å². The summed E-state index contributed by atoms with van der Waals surface area (Å²) in [4.78, 5) is 29.4. The summed E-state index contributed by atoms with van der Waals surface area (Å²) < 4.78 is 26.8. The topological polar surface area (TPSA) is 125 Å². The molecule has 1 saturated heterocycles. The standard InChI is InChI=1S/C19H21FN6O3S/c1-11-6-18(20)10-30-17(21)26-19(18,9-29-11)13-4-3-5-14(24-13)25-16(27)12-7-23-15(28-2)8-22-12/h3-5,7-8,11H,6,9-10H2,1-2H3,(H2,21,26)(H,24,25,27)/t11-,18+,19+/m0/s1. The first-order valence-electron chi connectivity index (χ1n) is 9.29. The van der Waals surface area contributed by atoms with E-state index in [1.54, 1.807) is 18.2 Å². The predicted molar refractivity (Wildman–Crippen MR) is 110 cm³/mol. The Morgan fingerprint density at radius 1 is 1.40 bits per heavy atom. The van der Waals surface area contributed by atoms with Crippen LogP contribution in [0.3, 0.4) is 0 Å². The molecule has 4 heterocycles. The minimum absolute atomic E-state index is 0.0142. The highest BCUT2D eigenvalue weighted by molar-refractivity contribution is 8.13. The SMILES string of the molecule is COc1cnc(C(=O)Nc2cccc([C@]34CO[C@@H](C)C[C@@]3(F)CSC(N)=N4)n2)cn1. The van der Waals surface area contributed by atoms with Gasteiger partial charge in [-0.2, -0.15) is 0 Å². The van der Waals surface area contributed by atoms with Crippen molar-refractivity contribution < 1.29 is 18.7 Å². The van der Waals surface area contributed by atoms with Crippen molar-refractivity contribution in [1.29, 1.82) is 0 Å². The number of ether oxygens (including phenoxy) is 2. The molecule has 4 rings (SSSR count). The molecular weight excluding hydrogens is 411 g/mol. The molecule has 0 bridgehead atoms. The third-order valence-electron chi connectivity index (χ3n) is 5.16. The van der Waals surface area contributed by atoms with Gasteiger partial charge >= 0.3 is 0 Å². The molecule has 1 fully saturated rings. The normalized spacial score (nSPS) is 28.2. The Morgan fingerprint density at radius 2 is 2.23 bits per heavy atom. The van der Waals surface area contributed by atoms with Gasteiger partial charge in [0.05, 0.1) is 37.9 Å². The number of thioether (sulfide) groups is 1. The van der Waals surface area contributed by atoms with Gasteiger partial charge in [0.1, 0.15) is 11.5 Å². The molecule has 0 spiro atoms. The number of alkyl halides is 1. The van der Waals surface area contributed by atoms with Gasteiger partial charge in [-0.3, -0.25) is 4.79 Å². The Labute approximate surface area is 176 Å². The van der Waals surface area contributed by atoms with Crippen molar-refractivity contribution in [2.75, 3.05) is 24.8 Å². The Morgan fingerprint density at radius 3 is 2.97 bits per heavy atom. The van der Waals surface area contributed by atoms with E-state index in [0.29, 0.717) is 11.6 Å². The minimum atomic E-state index is -1.67. The zero-order valence-electron chi connectivity index (χ0n) is 16.5. The maximum Gasteiger partial charge on any atom is 0.277 e. The molecule has 3 atom stereocenters. The van der Waals surface area contributed by atoms with Gasteiger partial charge in [0.15, 0.2) is 16.4 Å². The number of amidine groups is 1. The van der Waals surface area contributed by atoms with E-state index in [1.165, 1.54) is 31.3 Å². The first-order valence-corrected chi connectivity index (χ1v) is 10.3. The van der Waals surface area contributed by atoms with Crippen LogP contribution in [0.2, 0.25) is 0 Å². The van der Waals surface area contributed by atoms with Crippen LogP contribution in [0.15, 0.2) is 35.6 Å². The second-order valence-corrected chi connectivity index (χ2v) is 8.19. The predicted octanol–water partition coefficient (Wildman–Crippen LogP) is 1.91. The van der Waals surface area contributed by atoms with Crippen molar-refractivity contribution >= 4 is 28.7 Å². The van der Waals surface area contributed by atoms with Gasteiger partial charge in [-0.05, 0) is 19.1 Å². The van der Waals surface area contributed by atoms with E-state index in [2.05, 4.69) is 25.3 Å². The number of hydrogen-bond donors (Lipinski definition) is 2. The summed E-state index contributed by atoms with van der Waals surface area (Å²) in [5, 5.41) is 2.94. The van der Waals surface area contributed by atoms with E-state index in [9.17, 15) is 4.79 Å². The number of nitrogens with zero attached hydrogens (tertiary/aromatic N) is 4. The lowest BCUT2D eigenvalue weighted by molar-refractivity contribution is -0.107. The average molecular weight is 432 g/mol. The van der Waals surface area contributed by atoms with Crippen molar-refractivity contribution in [2.45, 2.75) is 30.7 Å². The van der Waals surface area contributed by atoms with Crippen LogP contribution in [-0.2, 0) is 10.3 Å². The lowest BCUT2D eigenvalue weighted by Crippen LogP contribution is -2.60. The van der Waals surface area contributed by atoms with Crippen molar-refractivity contribution in [2.24, 2.45) is 10.7 Å². The van der Waals surface area contributed by atoms with E-state index in [0.717, 1.165) is 0 Å². The van der Waals surface area contributed by atoms with Crippen LogP contribution in [0.4, 0.5) is 10.2 Å². The van der Waals surface area contributed by atoms with E-state index in [1.807, 2.05) is 6.92 Å². The van der Waals surface area contributed by atoms with E-state index >= 15 is 4.39 Å². The fraction of sp³-hybridized carbons (Fsp3) is 0.421. The van der Waals surface area contributed by atoms with Crippen LogP contribution in [-0.4, -0.2) is 57.3 Å². The third kappa shape index (κ3) is 3.58. The van der Waals surface area contributed by atoms with Crippen molar-refractivity contribution in [1.82, 2.24) is 15.0 Å². The van der Waals surface area contributed by atoms with Crippen LogP contribution >= 0.6 is 11.8 Å². The van der Waals surface area contributed by atoms with E-state index in [-0.39, 0.29) is 41.6 Å². The number of hydrogen-bond acceptors (Lipinski definition) is 9. The van der Waals surface area contributed by atoms with E-state index < -0.39 is 17.1 Å². The quantitative estimate of drug-likeness (QED) is 0.751. The summed E-state index contributed by atoms with van der Waals surface area (Å²) in [6.07, 6.45) is 2.57. The third-order valence-corrected chi connectivity index (χ3v) is 6.15. The molecule has 2 aromatic rings. The van der Waals surface area contributed by atoms with Gasteiger partial charge in [0.2, 0.25) is 5.88 Å². The number of rotatable bonds is 4. The number of nitrogens with two attached hydrogens (primary N) is 1. The first-order chi connectivity index (χ1) is 14.3. The number of pyridine rings is 1. The smallest absolute Gasteiger partial charge is 0.277 e. The molecule has 1 amide bonds. The molecule has 2 aromatic heterocycles. The fourth-order valence-electron chi connectivity index (χ4n) is 3.61. The molecular formula is C19H21FN6O3S. The molecule has 158 valence electrons. The summed E-state index contributed by atoms with van der Waals surface area (Å²) in [6.45, 7) is 1.85. The molecule has 9 nitrogen and oxygen atoms in total. The van der Waals surface area contributed by atoms with Gasteiger partial charge in [0, 0.05) is 12.2 Å². The largest absolute Gasteiger partial charge is 0.480 e. The summed E-state index contributed by atoms with van der Waals surface area (Å²) in [7, 11) is 1.46. The number of halogens is 1. The van der Waals surface area contributed by atoms with Gasteiger partial charge in [-0.1, -0.05) is 17.8 Å². The number of carbonyl (C=O) groups is 1. The summed E-state index contributed by atoms with van der Waals surface area (Å²) >= 11 is 1.19. The van der Waals surface area contributed by atoms with Crippen molar-refractivity contribution in [3.63, 3.8) is 0 Å². The number of aromatic nitrogens is 3. The maximum absolute atomic E-state index is 16.1. The molecule has 30 heavy (non-hydrogen) atoms. The van der Waals surface area contributed by atoms with Crippen LogP contribution < -0.4 is 15.8 Å². The average Bonchev–Trinajstić information content (AvgIpc) is 2.74. The second-order valence-electron chi connectivity index (χ2n) is 7.20. The summed E-state index contributed by atoms with van der Waals surface area (Å²) in [5.74, 6) is 0.185. The zero-order chi connectivity index (χ0) is 21.4. The number of nitrogens with one attached hydrogen (secondary N) is 1. The molecule has 0 saturated carbocycles. The monoisotopic (exact) mass is 432 g/mol. The Balaban J connectivity index is 1.65. The van der Waals surface area contributed by atoms with Crippen LogP contribution in [0, 0.1) is 0 Å². The summed E-state index contributed by atoms with van der Waals surface area (Å²) in [6, 6.07) is 4.95. The number of fused-ring (bicyclic) bond motifs is 1. The molecule has 3 N–H and O–H groups in total. The maximum atomic E-state index is 16.1. The Hall–Kier alpha value is -2.79. The van der Waals surface area contributed by atoms with Crippen LogP contribution in [0.25, 0.3) is 0 Å². The van der Waals surface area contributed by atoms with Gasteiger partial charge in [-0.25, -0.2) is 24.3 Å². The lowest BCUT2D eigenvalue weighted by Gasteiger charge is -2.49. The molecule has 0 aliphatic carbocycles. The molecule has 0 aromatic carbocycles. The number of carbonyl (C=O) groups excluding carboxylic acids is 1. The number of amides is 1. The fourth-order valence-corrected chi connectivity index (χ4v) is 4.56. The highest BCUT2D eigenvalue weighted by Crippen LogP contribution is 2.50. The first kappa shape index (κ1) is 20.5. The molecule has 2 aliphatic heterocycles. The minimum Gasteiger partial charge on any atom is -0.480 e. The van der Waals surface area contributed by atoms with Crippen LogP contribution in [0.1, 0.15) is 29.5 Å². The zero-order valence-corrected chi connectivity index (χ0v) is 17.3. The number of anilines is 1. The molecule has 2 aliphatic rings. The second kappa shape index (κ2) is 7.80. The molecule has 0 radical (unpaired) electrons. The Bertz CT molecular complexity index is 990. The van der Waals surface area contributed by atoms with Gasteiger partial charge in [-0.15, -0.1) is 0 Å². The van der Waals surface area contributed by atoms with Crippen LogP contribution in [0.5, 0.6) is 5.88 Å². The van der Waals surface area contributed by atoms with Crippen molar-refractivity contribution in [3.05, 3.63) is 42.0 Å². The lowest BCUT2D eigenvalue weighted by atomic mass is 9.75. The van der Waals surface area contributed by atoms with Crippen molar-refractivity contribution in [3.8, 4) is 5.88 Å². The number of aliphatic imine (C=N–C) groups is 1. The molecule has 11 heteroatoms.